The zero-order valence-corrected chi connectivity index (χ0v) is 35.1. The quantitative estimate of drug-likeness (QED) is 0.106. The molecule has 0 aliphatic rings. The first-order valence-electron chi connectivity index (χ1n) is 15.6. The van der Waals surface area contributed by atoms with Gasteiger partial charge in [0.05, 0.1) is 24.5 Å². The Morgan fingerprint density at radius 2 is 0.912 bits per heavy atom. The Labute approximate surface area is 337 Å². The third kappa shape index (κ3) is 11.3. The van der Waals surface area contributed by atoms with Crippen LogP contribution in [0.5, 0.6) is 0 Å². The lowest BCUT2D eigenvalue weighted by atomic mass is 10.3. The zero-order chi connectivity index (χ0) is 42.3. The highest BCUT2D eigenvalue weighted by atomic mass is 32.2. The molecule has 0 spiro atoms. The molecular weight excluding hydrogens is 867 g/mol. The van der Waals surface area contributed by atoms with Gasteiger partial charge in [0.15, 0.2) is 9.84 Å². The summed E-state index contributed by atoms with van der Waals surface area (Å²) >= 11 is 3.57. The van der Waals surface area contributed by atoms with Crippen molar-refractivity contribution in [3.8, 4) is 0 Å². The molecule has 57 heavy (non-hydrogen) atoms. The second-order valence-electron chi connectivity index (χ2n) is 11.2. The van der Waals surface area contributed by atoms with Crippen LogP contribution < -0.4 is 14.3 Å². The van der Waals surface area contributed by atoms with Gasteiger partial charge in [-0.25, -0.2) is 33.9 Å². The molecule has 0 aliphatic carbocycles. The van der Waals surface area contributed by atoms with Crippen molar-refractivity contribution in [1.82, 2.24) is 30.6 Å². The number of aryl methyl sites for hydroxylation is 3. The van der Waals surface area contributed by atoms with Gasteiger partial charge < -0.3 is 5.73 Å². The molecule has 0 bridgehead atoms. The van der Waals surface area contributed by atoms with Crippen LogP contribution in [0.25, 0.3) is 0 Å². The molecule has 0 saturated carbocycles. The van der Waals surface area contributed by atoms with Gasteiger partial charge in [0.2, 0.25) is 10.3 Å². The molecule has 0 unspecified atom stereocenters. The van der Waals surface area contributed by atoms with Crippen LogP contribution in [0.3, 0.4) is 0 Å². The van der Waals surface area contributed by atoms with E-state index in [9.17, 15) is 45.5 Å². The predicted octanol–water partition coefficient (Wildman–Crippen LogP) is 4.56. The molecule has 3 heterocycles. The van der Waals surface area contributed by atoms with E-state index in [-0.39, 0.29) is 36.9 Å². The summed E-state index contributed by atoms with van der Waals surface area (Å²) < 4.78 is 75.4. The third-order valence-corrected chi connectivity index (χ3v) is 15.4. The fourth-order valence-corrected chi connectivity index (χ4v) is 10.5. The molecule has 27 heteroatoms. The van der Waals surface area contributed by atoms with Gasteiger partial charge in [0, 0.05) is 44.0 Å². The molecule has 302 valence electrons. The number of nitro groups is 2. The van der Waals surface area contributed by atoms with Gasteiger partial charge in [-0.3, -0.25) is 20.2 Å². The Morgan fingerprint density at radius 3 is 1.25 bits per heavy atom. The molecule has 3 aromatic heterocycles. The maximum absolute atomic E-state index is 12.3. The highest BCUT2D eigenvalue weighted by Gasteiger charge is 2.26. The van der Waals surface area contributed by atoms with Gasteiger partial charge in [-0.1, -0.05) is 22.7 Å². The van der Waals surface area contributed by atoms with Crippen molar-refractivity contribution < 1.29 is 35.1 Å². The van der Waals surface area contributed by atoms with Crippen LogP contribution in [0.4, 0.5) is 27.3 Å². The fourth-order valence-electron chi connectivity index (χ4n) is 4.15. The lowest BCUT2D eigenvalue weighted by Gasteiger charge is -2.15. The van der Waals surface area contributed by atoms with Crippen molar-refractivity contribution in [2.75, 3.05) is 28.4 Å². The van der Waals surface area contributed by atoms with Gasteiger partial charge >= 0.3 is 0 Å². The average molecular weight is 898 g/mol. The van der Waals surface area contributed by atoms with E-state index < -0.39 is 39.7 Å². The number of non-ortho nitro benzene ring substituents is 2. The van der Waals surface area contributed by atoms with Crippen LogP contribution in [0.15, 0.2) is 87.5 Å². The Bertz CT molecular complexity index is 2690. The number of sulfonamides is 2. The first kappa shape index (κ1) is 44.1. The first-order chi connectivity index (χ1) is 26.6. The number of aromatic nitrogens is 6. The maximum Gasteiger partial charge on any atom is 0.269 e. The zero-order valence-electron chi connectivity index (χ0n) is 30.2. The van der Waals surface area contributed by atoms with Crippen LogP contribution in [-0.2, 0) is 35.6 Å². The minimum atomic E-state index is -3.80. The predicted molar refractivity (Wildman–Crippen MR) is 213 cm³/mol. The summed E-state index contributed by atoms with van der Waals surface area (Å²) in [6, 6.07) is 15.5. The summed E-state index contributed by atoms with van der Waals surface area (Å²) in [6.45, 7) is 5.22. The first-order valence-corrected chi connectivity index (χ1v) is 22.5. The fraction of sp³-hybridized carbons (Fsp3) is 0.200. The Morgan fingerprint density at radius 1 is 0.561 bits per heavy atom. The van der Waals surface area contributed by atoms with Gasteiger partial charge in [-0.15, -0.1) is 41.9 Å². The number of nitrogens with zero attached hydrogens (tertiary/aromatic N) is 10. The van der Waals surface area contributed by atoms with Crippen molar-refractivity contribution in [2.45, 2.75) is 41.2 Å². The summed E-state index contributed by atoms with van der Waals surface area (Å²) in [6.07, 6.45) is 0. The molecule has 2 N–H and O–H groups in total. The smallest absolute Gasteiger partial charge is 0.269 e. The van der Waals surface area contributed by atoms with Crippen LogP contribution in [0.1, 0.15) is 20.0 Å². The van der Waals surface area contributed by atoms with Crippen molar-refractivity contribution in [2.24, 2.45) is 0 Å². The number of rotatable bonds is 11. The van der Waals surface area contributed by atoms with Crippen LogP contribution in [0, 0.1) is 41.0 Å². The molecule has 0 aliphatic heterocycles. The summed E-state index contributed by atoms with van der Waals surface area (Å²) in [7, 11) is -8.16. The maximum atomic E-state index is 12.3. The van der Waals surface area contributed by atoms with Crippen LogP contribution in [-0.4, -0.2) is 79.8 Å². The number of anilines is 3. The summed E-state index contributed by atoms with van der Waals surface area (Å²) in [5, 5.41) is 46.7. The van der Waals surface area contributed by atoms with E-state index in [1.54, 1.807) is 32.9 Å². The van der Waals surface area contributed by atoms with Gasteiger partial charge in [-0.2, -0.15) is 0 Å². The second-order valence-corrected chi connectivity index (χ2v) is 20.7. The number of hydrogen-bond donors (Lipinski definition) is 1. The largest absolute Gasteiger partial charge is 0.399 e. The van der Waals surface area contributed by atoms with E-state index in [1.807, 2.05) is 0 Å². The summed E-state index contributed by atoms with van der Waals surface area (Å²) in [5.41, 5.74) is 5.73. The molecule has 0 fully saturated rings. The van der Waals surface area contributed by atoms with E-state index in [4.69, 9.17) is 5.73 Å². The molecule has 6 rings (SSSR count). The molecule has 0 atom stereocenters. The van der Waals surface area contributed by atoms with Gasteiger partial charge in [-0.05, 0) is 69.3 Å². The van der Waals surface area contributed by atoms with E-state index in [0.717, 1.165) is 44.2 Å². The second kappa shape index (κ2) is 18.1. The van der Waals surface area contributed by atoms with Crippen molar-refractivity contribution >= 4 is 91.2 Å². The Hall–Kier alpha value is -5.61. The Kier molecular flexibility index (Phi) is 14.0. The summed E-state index contributed by atoms with van der Waals surface area (Å²) in [5.74, 6) is -0.254. The highest BCUT2D eigenvalue weighted by Crippen LogP contribution is 2.27. The standard InChI is InChI=1S/C10H10N4O4S2.C10H12N4O2S2.C10H9N3O4S2/c1-7-11-12-10(19-7)13(2)20(17,18)9-5-3-8(4-6-9)14(15)16;1-7-12-13-10(17-7)14(2)18(15,16)9-5-3-8(11)4-6-9;1-7-11-12-10(18-7)6-19(16,17)9-4-2-8(3-5-9)13(14)15/h3-6H,1-2H3;3-6H,11H2,1-2H3;2-5H,6H2,1H3. The highest BCUT2D eigenvalue weighted by molar-refractivity contribution is 7.93. The van der Waals surface area contributed by atoms with Crippen molar-refractivity contribution in [1.29, 1.82) is 0 Å². The SMILES string of the molecule is Cc1nnc(CS(=O)(=O)c2ccc([N+](=O)[O-])cc2)s1.Cc1nnc(N(C)S(=O)(=O)c2ccc(N)cc2)s1.Cc1nnc(N(C)S(=O)(=O)c2ccc([N+](=O)[O-])cc2)s1. The molecule has 21 nitrogen and oxygen atoms in total. The monoisotopic (exact) mass is 897 g/mol. The molecule has 0 saturated heterocycles. The van der Waals surface area contributed by atoms with E-state index in [0.29, 0.717) is 30.8 Å². The normalized spacial score (nSPS) is 11.4. The Balaban J connectivity index is 0.000000190. The van der Waals surface area contributed by atoms with Crippen LogP contribution >= 0.6 is 34.0 Å². The third-order valence-electron chi connectivity index (χ3n) is 7.10. The number of sulfone groups is 1. The number of nitro benzene ring substituents is 2. The van der Waals surface area contributed by atoms with Gasteiger partial charge in [0.25, 0.3) is 31.4 Å². The lowest BCUT2D eigenvalue weighted by Crippen LogP contribution is -2.26. The van der Waals surface area contributed by atoms with E-state index >= 15 is 0 Å². The molecule has 0 radical (unpaired) electrons. The molecule has 0 amide bonds. The molecule has 6 aromatic rings. The van der Waals surface area contributed by atoms with Crippen molar-refractivity contribution in [3.63, 3.8) is 0 Å². The van der Waals surface area contributed by atoms with Crippen LogP contribution in [0.2, 0.25) is 0 Å². The van der Waals surface area contributed by atoms with Gasteiger partial charge in [0.1, 0.15) is 25.8 Å². The summed E-state index contributed by atoms with van der Waals surface area (Å²) in [4.78, 5) is 20.0. The topological polar surface area (TPSA) is 299 Å². The van der Waals surface area contributed by atoms with E-state index in [1.165, 1.54) is 73.2 Å². The number of hydrogen-bond acceptors (Lipinski definition) is 20. The lowest BCUT2D eigenvalue weighted by molar-refractivity contribution is -0.385. The van der Waals surface area contributed by atoms with Crippen molar-refractivity contribution in [3.05, 3.63) is 113 Å². The molecular formula is C30H31N11O10S6. The number of benzene rings is 3. The van der Waals surface area contributed by atoms with E-state index in [2.05, 4.69) is 30.6 Å². The number of nitrogens with two attached hydrogens (primary N) is 1. The average Bonchev–Trinajstić information content (AvgIpc) is 3.92. The minimum absolute atomic E-state index is 0.0333. The molecule has 3 aromatic carbocycles. The minimum Gasteiger partial charge on any atom is -0.399 e. The number of nitrogen functional groups attached to an aromatic ring is 1.